The van der Waals surface area contributed by atoms with Crippen LogP contribution in [0.25, 0.3) is 21.8 Å². The van der Waals surface area contributed by atoms with Crippen LogP contribution in [0.4, 0.5) is 23.0 Å². The van der Waals surface area contributed by atoms with Crippen LogP contribution in [0.1, 0.15) is 62.2 Å². The number of esters is 2. The number of phenolic OH excluding ortho intramolecular Hbond substituents is 1. The van der Waals surface area contributed by atoms with Crippen molar-refractivity contribution in [3.63, 3.8) is 0 Å². The standard InChI is InChI=1S/C36H36N4O8.C19H17N3O3.C18H23NO8S/c1-6-26-12-11-13-27(20-26)39-35-28-21-30(31(45-18-16-42-4)22-29(28)37-24-38-35)46-19-17-44-14-9-7-8-10-15-47-33-23-32(48-40-33)34(25(2)3)36(41)43-5;1-3-13-5-4-6-14(9-13)22-19-15-10-17(23)18(25-8-7-24-2)11-16(15)20-12-21-19;1-14(2)17(18(20)23-3)15-13-16(19-27-15)25-10-8-6-5-7-9-24-11-12-26-28(4,21)22/h1,11-13,20-25,34H,14-19H2,2-5H3,(H,37,38,39);1,4-6,9-12,23H,7-8H2,2H3,(H,20,21,22);13-14,17H,9-12H2,1-4H3. The smallest absolute Gasteiger partial charge is 0.316 e. The van der Waals surface area contributed by atoms with E-state index in [-0.39, 0.29) is 82.2 Å². The van der Waals surface area contributed by atoms with Crippen LogP contribution in [0.5, 0.6) is 34.8 Å². The molecule has 0 spiro atoms. The quantitative estimate of drug-likeness (QED) is 0.0153. The summed E-state index contributed by atoms with van der Waals surface area (Å²) in [7, 11) is 2.38. The van der Waals surface area contributed by atoms with Crippen molar-refractivity contribution in [2.45, 2.75) is 39.5 Å². The number of phenols is 1. The highest BCUT2D eigenvalue weighted by Crippen LogP contribution is 2.37. The summed E-state index contributed by atoms with van der Waals surface area (Å²) in [6.07, 6.45) is 14.9. The fourth-order valence-corrected chi connectivity index (χ4v) is 9.07. The largest absolute Gasteiger partial charge is 0.504 e. The molecule has 0 amide bonds. The molecule has 0 aliphatic rings. The third kappa shape index (κ3) is 26.7. The van der Waals surface area contributed by atoms with Crippen molar-refractivity contribution in [2.24, 2.45) is 11.8 Å². The van der Waals surface area contributed by atoms with Crippen molar-refractivity contribution in [1.82, 2.24) is 30.2 Å². The second-order valence-electron chi connectivity index (χ2n) is 21.4. The van der Waals surface area contributed by atoms with Crippen LogP contribution in [0.3, 0.4) is 0 Å². The van der Waals surface area contributed by atoms with Gasteiger partial charge in [-0.3, -0.25) is 13.8 Å². The summed E-state index contributed by atoms with van der Waals surface area (Å²) in [4.78, 5) is 41.2. The lowest BCUT2D eigenvalue weighted by molar-refractivity contribution is -0.145. The molecule has 28 heteroatoms. The third-order valence-corrected chi connectivity index (χ3v) is 14.0. The second kappa shape index (κ2) is 42.3. The van der Waals surface area contributed by atoms with Gasteiger partial charge in [-0.05, 0) is 106 Å². The Labute approximate surface area is 586 Å². The molecule has 8 aromatic rings. The number of nitrogens with zero attached hydrogens (tertiary/aromatic N) is 6. The summed E-state index contributed by atoms with van der Waals surface area (Å²) < 4.78 is 94.9. The minimum atomic E-state index is -3.46. The number of hydrogen-bond acceptors (Lipinski definition) is 27. The van der Waals surface area contributed by atoms with Crippen LogP contribution in [-0.4, -0.2) is 170 Å². The Hall–Kier alpha value is -11.6. The number of hydrogen-bond donors (Lipinski definition) is 3. The predicted octanol–water partition coefficient (Wildman–Crippen LogP) is 8.81. The molecule has 0 fully saturated rings. The average molecular weight is 1400 g/mol. The van der Waals surface area contributed by atoms with Crippen LogP contribution in [0.2, 0.25) is 0 Å². The molecule has 4 aromatic heterocycles. The SMILES string of the molecule is C#Cc1cccc(Nc2ncnc3cc(OCCOC)c(O)cc23)c1.C#Cc1cccc(Nc2ncnc3cc(OCCOC)c(OCCOCC#CC#CCOc4cc(C(C(=O)OC)C(C)C)on4)cc23)c1.COC(=O)C(c1cc(OCC#CC#CCOCCOS(C)(=O)=O)no1)C(C)C. The molecular formula is C73H76N8O19S. The lowest BCUT2D eigenvalue weighted by Crippen LogP contribution is -2.19. The summed E-state index contributed by atoms with van der Waals surface area (Å²) in [5.74, 6) is 28.4. The molecule has 27 nitrogen and oxygen atoms in total. The second-order valence-corrected chi connectivity index (χ2v) is 23.0. The maximum atomic E-state index is 12.0. The summed E-state index contributed by atoms with van der Waals surface area (Å²) in [6.45, 7) is 9.92. The van der Waals surface area contributed by atoms with E-state index in [4.69, 9.17) is 74.0 Å². The Morgan fingerprint density at radius 2 is 0.950 bits per heavy atom. The van der Waals surface area contributed by atoms with Crippen LogP contribution >= 0.6 is 0 Å². The monoisotopic (exact) mass is 1400 g/mol. The van der Waals surface area contributed by atoms with E-state index in [2.05, 4.69) is 104 Å². The lowest BCUT2D eigenvalue weighted by atomic mass is 9.93. The first kappa shape index (κ1) is 78.4. The number of aromatic nitrogens is 6. The van der Waals surface area contributed by atoms with Crippen molar-refractivity contribution >= 4 is 66.9 Å². The van der Waals surface area contributed by atoms with Gasteiger partial charge in [-0.25, -0.2) is 19.9 Å². The molecule has 0 saturated heterocycles. The minimum absolute atomic E-state index is 0.0128. The van der Waals surface area contributed by atoms with E-state index in [1.165, 1.54) is 32.9 Å². The van der Waals surface area contributed by atoms with E-state index in [1.54, 1.807) is 38.5 Å². The fourth-order valence-electron chi connectivity index (χ4n) is 8.70. The van der Waals surface area contributed by atoms with E-state index in [1.807, 2.05) is 82.3 Å². The zero-order valence-corrected chi connectivity index (χ0v) is 57.9. The Bertz CT molecular complexity index is 4500. The Kier molecular flexibility index (Phi) is 32.8. The number of fused-ring (bicyclic) bond motifs is 2. The summed E-state index contributed by atoms with van der Waals surface area (Å²) >= 11 is 0. The van der Waals surface area contributed by atoms with Crippen molar-refractivity contribution in [3.8, 4) is 107 Å². The number of carbonyl (C=O) groups is 2. The maximum Gasteiger partial charge on any atom is 0.316 e. The molecule has 4 aromatic carbocycles. The summed E-state index contributed by atoms with van der Waals surface area (Å²) in [6, 6.07) is 24.9. The van der Waals surface area contributed by atoms with Gasteiger partial charge in [0.05, 0.1) is 64.5 Å². The van der Waals surface area contributed by atoms with Crippen molar-refractivity contribution < 1.29 is 88.4 Å². The average Bonchev–Trinajstić information content (AvgIpc) is 1.58. The first-order chi connectivity index (χ1) is 48.9. The number of methoxy groups -OCH3 is 4. The van der Waals surface area contributed by atoms with Gasteiger partial charge in [-0.15, -0.1) is 12.8 Å². The number of benzene rings is 4. The van der Waals surface area contributed by atoms with Crippen molar-refractivity contribution in [2.75, 3.05) is 125 Å². The Morgan fingerprint density at radius 1 is 0.525 bits per heavy atom. The number of carbonyl (C=O) groups excluding carboxylic acids is 2. The van der Waals surface area contributed by atoms with E-state index in [0.717, 1.165) is 34.1 Å². The highest BCUT2D eigenvalue weighted by Gasteiger charge is 2.31. The summed E-state index contributed by atoms with van der Waals surface area (Å²) in [5, 5.41) is 25.7. The first-order valence-corrected chi connectivity index (χ1v) is 32.8. The van der Waals surface area contributed by atoms with Crippen LogP contribution in [0.15, 0.2) is 107 Å². The number of aromatic hydroxyl groups is 1. The van der Waals surface area contributed by atoms with Gasteiger partial charge in [0.1, 0.15) is 69.2 Å². The molecule has 0 bridgehead atoms. The summed E-state index contributed by atoms with van der Waals surface area (Å²) in [5.41, 5.74) is 4.42. The van der Waals surface area contributed by atoms with Gasteiger partial charge in [0.2, 0.25) is 0 Å². The van der Waals surface area contributed by atoms with Gasteiger partial charge in [-0.1, -0.05) is 63.5 Å². The van der Waals surface area contributed by atoms with Crippen LogP contribution in [-0.2, 0) is 52.3 Å². The molecule has 528 valence electrons. The van der Waals surface area contributed by atoms with E-state index >= 15 is 0 Å². The van der Waals surface area contributed by atoms with Gasteiger partial charge < -0.3 is 76.9 Å². The minimum Gasteiger partial charge on any atom is -0.504 e. The van der Waals surface area contributed by atoms with Gasteiger partial charge in [0, 0.05) is 71.8 Å². The van der Waals surface area contributed by atoms with Gasteiger partial charge in [0.15, 0.2) is 47.7 Å². The molecule has 8 rings (SSSR count). The zero-order chi connectivity index (χ0) is 72.8. The number of ether oxygens (including phenoxy) is 11. The van der Waals surface area contributed by atoms with E-state index in [9.17, 15) is 23.1 Å². The highest BCUT2D eigenvalue weighted by atomic mass is 32.2. The number of rotatable bonds is 32. The molecule has 0 aliphatic carbocycles. The van der Waals surface area contributed by atoms with Gasteiger partial charge >= 0.3 is 11.9 Å². The van der Waals surface area contributed by atoms with Gasteiger partial charge in [-0.2, -0.15) is 8.42 Å². The molecular weight excluding hydrogens is 1320 g/mol. The molecule has 3 N–H and O–H groups in total. The van der Waals surface area contributed by atoms with Crippen LogP contribution < -0.4 is 34.3 Å². The first-order valence-electron chi connectivity index (χ1n) is 30.9. The Morgan fingerprint density at radius 3 is 1.40 bits per heavy atom. The topological polar surface area (TPSA) is 327 Å². The molecule has 0 radical (unpaired) electrons. The zero-order valence-electron chi connectivity index (χ0n) is 57.1. The highest BCUT2D eigenvalue weighted by molar-refractivity contribution is 7.86. The molecule has 0 saturated carbocycles. The molecule has 2 unspecified atom stereocenters. The van der Waals surface area contributed by atoms with E-state index < -0.39 is 33.9 Å². The lowest BCUT2D eigenvalue weighted by Gasteiger charge is -2.15. The van der Waals surface area contributed by atoms with E-state index in [0.29, 0.717) is 83.3 Å². The Balaban J connectivity index is 0.000000258. The predicted molar refractivity (Wildman–Crippen MR) is 373 cm³/mol. The van der Waals surface area contributed by atoms with Crippen molar-refractivity contribution in [3.05, 3.63) is 120 Å². The maximum absolute atomic E-state index is 12.0. The number of nitrogens with one attached hydrogen (secondary N) is 2. The molecule has 0 aliphatic heterocycles. The number of anilines is 4. The molecule has 101 heavy (non-hydrogen) atoms. The number of terminal acetylenes is 2. The molecule has 4 heterocycles. The third-order valence-electron chi connectivity index (χ3n) is 13.4. The fraction of sp³-hybridized carbons (Fsp3) is 0.342. The van der Waals surface area contributed by atoms with Gasteiger partial charge in [0.25, 0.3) is 21.9 Å². The normalized spacial score (nSPS) is 11.1. The molecule has 2 atom stereocenters. The van der Waals surface area contributed by atoms with Crippen molar-refractivity contribution in [1.29, 1.82) is 0 Å². The van der Waals surface area contributed by atoms with Crippen LogP contribution in [0, 0.1) is 83.9 Å².